The molecule has 0 aromatic heterocycles. The summed E-state index contributed by atoms with van der Waals surface area (Å²) in [5.74, 6) is 6.62. The molecule has 2 rings (SSSR count). The van der Waals surface area contributed by atoms with E-state index >= 15 is 0 Å². The minimum atomic E-state index is 0.151. The van der Waals surface area contributed by atoms with Gasteiger partial charge in [0.1, 0.15) is 0 Å². The Kier molecular flexibility index (Phi) is 6.10. The maximum atomic E-state index is 5.72. The van der Waals surface area contributed by atoms with Crippen molar-refractivity contribution in [3.8, 4) is 0 Å². The lowest BCUT2D eigenvalue weighted by Crippen LogP contribution is -2.29. The highest BCUT2D eigenvalue weighted by Crippen LogP contribution is 2.30. The van der Waals surface area contributed by atoms with Gasteiger partial charge in [0.05, 0.1) is 6.04 Å². The van der Waals surface area contributed by atoms with Crippen molar-refractivity contribution in [1.82, 2.24) is 5.43 Å². The third-order valence-corrected chi connectivity index (χ3v) is 5.33. The van der Waals surface area contributed by atoms with E-state index in [9.17, 15) is 0 Å². The van der Waals surface area contributed by atoms with Crippen molar-refractivity contribution in [1.29, 1.82) is 0 Å². The summed E-state index contributed by atoms with van der Waals surface area (Å²) in [6.45, 7) is 2.17. The van der Waals surface area contributed by atoms with Crippen molar-refractivity contribution in [3.63, 3.8) is 0 Å². The SMILES string of the molecule is CCc1cccc(C(CSc2ccccc2Br)NN)c1. The van der Waals surface area contributed by atoms with Crippen molar-refractivity contribution >= 4 is 27.7 Å². The molecule has 0 saturated carbocycles. The van der Waals surface area contributed by atoms with Gasteiger partial charge in [0.2, 0.25) is 0 Å². The second-order valence-electron chi connectivity index (χ2n) is 4.56. The maximum Gasteiger partial charge on any atom is 0.0554 e. The van der Waals surface area contributed by atoms with Gasteiger partial charge in [-0.15, -0.1) is 11.8 Å². The first-order valence-electron chi connectivity index (χ1n) is 6.67. The van der Waals surface area contributed by atoms with Crippen LogP contribution in [-0.4, -0.2) is 5.75 Å². The molecule has 0 saturated heterocycles. The fourth-order valence-corrected chi connectivity index (χ4v) is 3.65. The zero-order valence-corrected chi connectivity index (χ0v) is 13.9. The fraction of sp³-hybridized carbons (Fsp3) is 0.250. The molecule has 0 fully saturated rings. The largest absolute Gasteiger partial charge is 0.271 e. The molecule has 2 aromatic rings. The van der Waals surface area contributed by atoms with E-state index in [0.717, 1.165) is 16.6 Å². The Labute approximate surface area is 133 Å². The second-order valence-corrected chi connectivity index (χ2v) is 6.48. The molecule has 0 aliphatic heterocycles. The zero-order chi connectivity index (χ0) is 14.4. The molecule has 0 amide bonds. The lowest BCUT2D eigenvalue weighted by molar-refractivity contribution is 0.610. The van der Waals surface area contributed by atoms with Crippen molar-refractivity contribution in [3.05, 3.63) is 64.1 Å². The first-order valence-corrected chi connectivity index (χ1v) is 8.44. The van der Waals surface area contributed by atoms with E-state index < -0.39 is 0 Å². The Bertz CT molecular complexity index is 560. The van der Waals surface area contributed by atoms with Crippen LogP contribution in [0, 0.1) is 0 Å². The topological polar surface area (TPSA) is 38.0 Å². The molecule has 1 unspecified atom stereocenters. The van der Waals surface area contributed by atoms with Crippen LogP contribution < -0.4 is 11.3 Å². The van der Waals surface area contributed by atoms with Crippen LogP contribution in [0.15, 0.2) is 57.9 Å². The third-order valence-electron chi connectivity index (χ3n) is 3.20. The number of hydrogen-bond acceptors (Lipinski definition) is 3. The van der Waals surface area contributed by atoms with E-state index in [0.29, 0.717) is 0 Å². The van der Waals surface area contributed by atoms with Crippen LogP contribution >= 0.6 is 27.7 Å². The summed E-state index contributed by atoms with van der Waals surface area (Å²) in [4.78, 5) is 1.24. The van der Waals surface area contributed by atoms with Crippen LogP contribution in [0.1, 0.15) is 24.1 Å². The molecule has 0 bridgehead atoms. The van der Waals surface area contributed by atoms with Gasteiger partial charge in [-0.3, -0.25) is 11.3 Å². The van der Waals surface area contributed by atoms with Crippen molar-refractivity contribution < 1.29 is 0 Å². The van der Waals surface area contributed by atoms with Crippen LogP contribution in [0.25, 0.3) is 0 Å². The highest BCUT2D eigenvalue weighted by Gasteiger charge is 2.11. The molecule has 0 heterocycles. The number of halogens is 1. The fourth-order valence-electron chi connectivity index (χ4n) is 2.01. The molecule has 3 N–H and O–H groups in total. The van der Waals surface area contributed by atoms with E-state index in [1.165, 1.54) is 16.0 Å². The highest BCUT2D eigenvalue weighted by atomic mass is 79.9. The number of hydrogen-bond donors (Lipinski definition) is 2. The summed E-state index contributed by atoms with van der Waals surface area (Å²) >= 11 is 5.37. The van der Waals surface area contributed by atoms with Crippen LogP contribution in [0.5, 0.6) is 0 Å². The molecule has 106 valence electrons. The van der Waals surface area contributed by atoms with E-state index in [1.54, 1.807) is 11.8 Å². The number of thioether (sulfide) groups is 1. The molecule has 0 aliphatic rings. The minimum absolute atomic E-state index is 0.151. The third kappa shape index (κ3) is 4.09. The van der Waals surface area contributed by atoms with Gasteiger partial charge < -0.3 is 0 Å². The number of aryl methyl sites for hydroxylation is 1. The molecule has 4 heteroatoms. The van der Waals surface area contributed by atoms with Crippen LogP contribution in [0.4, 0.5) is 0 Å². The van der Waals surface area contributed by atoms with Crippen molar-refractivity contribution in [2.24, 2.45) is 5.84 Å². The number of benzene rings is 2. The maximum absolute atomic E-state index is 5.72. The summed E-state index contributed by atoms with van der Waals surface area (Å²) in [5, 5.41) is 0. The van der Waals surface area contributed by atoms with Crippen LogP contribution in [0.3, 0.4) is 0 Å². The predicted molar refractivity (Wildman–Crippen MR) is 90.8 cm³/mol. The van der Waals surface area contributed by atoms with Crippen molar-refractivity contribution in [2.75, 3.05) is 5.75 Å². The van der Waals surface area contributed by atoms with Gasteiger partial charge in [0, 0.05) is 15.1 Å². The van der Waals surface area contributed by atoms with Crippen LogP contribution in [0.2, 0.25) is 0 Å². The van der Waals surface area contributed by atoms with Gasteiger partial charge in [-0.2, -0.15) is 0 Å². The lowest BCUT2D eigenvalue weighted by Gasteiger charge is -2.17. The molecule has 20 heavy (non-hydrogen) atoms. The van der Waals surface area contributed by atoms with Gasteiger partial charge >= 0.3 is 0 Å². The van der Waals surface area contributed by atoms with Gasteiger partial charge in [-0.1, -0.05) is 43.3 Å². The molecular weight excluding hydrogens is 332 g/mol. The summed E-state index contributed by atoms with van der Waals surface area (Å²) < 4.78 is 1.13. The first-order chi connectivity index (χ1) is 9.74. The number of nitrogens with one attached hydrogen (secondary N) is 1. The number of rotatable bonds is 6. The average molecular weight is 351 g/mol. The predicted octanol–water partition coefficient (Wildman–Crippen LogP) is 4.31. The Balaban J connectivity index is 2.07. The van der Waals surface area contributed by atoms with Crippen molar-refractivity contribution in [2.45, 2.75) is 24.3 Å². The molecule has 1 atom stereocenters. The highest BCUT2D eigenvalue weighted by molar-refractivity contribution is 9.10. The molecule has 0 radical (unpaired) electrons. The summed E-state index contributed by atoms with van der Waals surface area (Å²) in [7, 11) is 0. The van der Waals surface area contributed by atoms with E-state index in [2.05, 4.69) is 70.7 Å². The van der Waals surface area contributed by atoms with Gasteiger partial charge in [-0.05, 0) is 45.6 Å². The summed E-state index contributed by atoms with van der Waals surface area (Å²) in [5.41, 5.74) is 5.51. The van der Waals surface area contributed by atoms with E-state index in [-0.39, 0.29) is 6.04 Å². The van der Waals surface area contributed by atoms with Crippen LogP contribution in [-0.2, 0) is 6.42 Å². The molecule has 2 aromatic carbocycles. The second kappa shape index (κ2) is 7.84. The Morgan fingerprint density at radius 3 is 2.70 bits per heavy atom. The molecule has 2 nitrogen and oxygen atoms in total. The number of hydrazine groups is 1. The molecular formula is C16H19BrN2S. The van der Waals surface area contributed by atoms with Gasteiger partial charge in [-0.25, -0.2) is 0 Å². The normalized spacial score (nSPS) is 12.3. The monoisotopic (exact) mass is 350 g/mol. The Morgan fingerprint density at radius 1 is 1.20 bits per heavy atom. The first kappa shape index (κ1) is 15.6. The van der Waals surface area contributed by atoms with E-state index in [4.69, 9.17) is 5.84 Å². The molecule has 0 spiro atoms. The summed E-state index contributed by atoms with van der Waals surface area (Å²) in [6.07, 6.45) is 1.04. The lowest BCUT2D eigenvalue weighted by atomic mass is 10.0. The van der Waals surface area contributed by atoms with E-state index in [1.807, 2.05) is 6.07 Å². The molecule has 0 aliphatic carbocycles. The standard InChI is InChI=1S/C16H19BrN2S/c1-2-12-6-5-7-13(10-12)15(19-18)11-20-16-9-4-3-8-14(16)17/h3-10,15,19H,2,11,18H2,1H3. The van der Waals surface area contributed by atoms with Gasteiger partial charge in [0.15, 0.2) is 0 Å². The average Bonchev–Trinajstić information content (AvgIpc) is 2.50. The number of nitrogens with two attached hydrogens (primary N) is 1. The zero-order valence-electron chi connectivity index (χ0n) is 11.5. The van der Waals surface area contributed by atoms with Gasteiger partial charge in [0.25, 0.3) is 0 Å². The smallest absolute Gasteiger partial charge is 0.0554 e. The Morgan fingerprint density at radius 2 is 2.00 bits per heavy atom. The minimum Gasteiger partial charge on any atom is -0.271 e. The summed E-state index contributed by atoms with van der Waals surface area (Å²) in [6, 6.07) is 17.0. The quantitative estimate of drug-likeness (QED) is 0.463. The Hall–Kier alpha value is -0.810.